The number of nitriles is 1. The van der Waals surface area contributed by atoms with E-state index in [1.54, 1.807) is 6.07 Å². The first-order chi connectivity index (χ1) is 11.3. The second-order valence-corrected chi connectivity index (χ2v) is 7.14. The predicted octanol–water partition coefficient (Wildman–Crippen LogP) is 3.54. The van der Waals surface area contributed by atoms with Crippen LogP contribution in [0.2, 0.25) is 0 Å². The number of pyridine rings is 1. The third-order valence-corrected chi connectivity index (χ3v) is 4.06. The van der Waals surface area contributed by atoms with Gasteiger partial charge in [0.2, 0.25) is 5.78 Å². The highest BCUT2D eigenvalue weighted by Crippen LogP contribution is 2.42. The predicted molar refractivity (Wildman–Crippen MR) is 86.1 cm³/mol. The standard InChI is InChI=1S/C18H19FN4O/c1-18(2,3)23-16(11-4-5-11)8-15(22-23)17(24)13(9-20)14-7-6-12(19)10-21-14/h6-8,10-11,13H,4-5H2,1-3H3. The van der Waals surface area contributed by atoms with E-state index in [4.69, 9.17) is 0 Å². The van der Waals surface area contributed by atoms with Crippen molar-refractivity contribution in [2.75, 3.05) is 0 Å². The number of carbonyl (C=O) groups is 1. The minimum atomic E-state index is -1.08. The van der Waals surface area contributed by atoms with Crippen LogP contribution in [0.5, 0.6) is 0 Å². The van der Waals surface area contributed by atoms with Crippen LogP contribution in [0, 0.1) is 17.1 Å². The van der Waals surface area contributed by atoms with Gasteiger partial charge >= 0.3 is 0 Å². The Hall–Kier alpha value is -2.55. The van der Waals surface area contributed by atoms with Crippen LogP contribution < -0.4 is 0 Å². The molecule has 2 aromatic heterocycles. The van der Waals surface area contributed by atoms with Crippen molar-refractivity contribution >= 4 is 5.78 Å². The number of ketones is 1. The number of aromatic nitrogens is 3. The fraction of sp³-hybridized carbons (Fsp3) is 0.444. The molecule has 0 bridgehead atoms. The largest absolute Gasteiger partial charge is 0.290 e. The lowest BCUT2D eigenvalue weighted by molar-refractivity contribution is 0.0971. The van der Waals surface area contributed by atoms with E-state index in [1.807, 2.05) is 31.5 Å². The SMILES string of the molecule is CC(C)(C)n1nc(C(=O)C(C#N)c2ccc(F)cn2)cc1C1CC1. The molecule has 1 saturated carbocycles. The van der Waals surface area contributed by atoms with E-state index in [0.717, 1.165) is 24.7 Å². The van der Waals surface area contributed by atoms with E-state index in [0.29, 0.717) is 5.92 Å². The normalized spacial score (nSPS) is 15.8. The Morgan fingerprint density at radius 2 is 2.12 bits per heavy atom. The van der Waals surface area contributed by atoms with Crippen molar-refractivity contribution in [1.82, 2.24) is 14.8 Å². The van der Waals surface area contributed by atoms with Crippen LogP contribution in [-0.2, 0) is 5.54 Å². The molecule has 24 heavy (non-hydrogen) atoms. The maximum atomic E-state index is 13.0. The average Bonchev–Trinajstić information content (AvgIpc) is 3.26. The van der Waals surface area contributed by atoms with Crippen LogP contribution in [-0.4, -0.2) is 20.5 Å². The first kappa shape index (κ1) is 16.3. The van der Waals surface area contributed by atoms with Gasteiger partial charge in [-0.1, -0.05) is 0 Å². The molecule has 1 fully saturated rings. The molecule has 5 nitrogen and oxygen atoms in total. The lowest BCUT2D eigenvalue weighted by atomic mass is 9.98. The number of hydrogen-bond acceptors (Lipinski definition) is 4. The fourth-order valence-corrected chi connectivity index (χ4v) is 2.69. The van der Waals surface area contributed by atoms with Crippen LogP contribution in [0.3, 0.4) is 0 Å². The van der Waals surface area contributed by atoms with Gasteiger partial charge in [-0.2, -0.15) is 10.4 Å². The maximum absolute atomic E-state index is 13.0. The van der Waals surface area contributed by atoms with Crippen molar-refractivity contribution < 1.29 is 9.18 Å². The summed E-state index contributed by atoms with van der Waals surface area (Å²) in [7, 11) is 0. The molecule has 0 amide bonds. The summed E-state index contributed by atoms with van der Waals surface area (Å²) >= 11 is 0. The monoisotopic (exact) mass is 326 g/mol. The molecular weight excluding hydrogens is 307 g/mol. The summed E-state index contributed by atoms with van der Waals surface area (Å²) in [6.07, 6.45) is 3.20. The quantitative estimate of drug-likeness (QED) is 0.806. The molecule has 0 aromatic carbocycles. The molecule has 1 aliphatic carbocycles. The third kappa shape index (κ3) is 3.07. The zero-order valence-electron chi connectivity index (χ0n) is 14.0. The summed E-state index contributed by atoms with van der Waals surface area (Å²) in [5.41, 5.74) is 1.30. The summed E-state index contributed by atoms with van der Waals surface area (Å²) in [5, 5.41) is 13.9. The van der Waals surface area contributed by atoms with Gasteiger partial charge < -0.3 is 0 Å². The maximum Gasteiger partial charge on any atom is 0.206 e. The molecule has 0 spiro atoms. The first-order valence-electron chi connectivity index (χ1n) is 7.97. The van der Waals surface area contributed by atoms with Crippen molar-refractivity contribution in [2.45, 2.75) is 51.0 Å². The molecule has 2 aromatic rings. The van der Waals surface area contributed by atoms with E-state index in [-0.39, 0.29) is 16.9 Å². The van der Waals surface area contributed by atoms with Gasteiger partial charge in [-0.25, -0.2) is 4.39 Å². The molecule has 1 unspecified atom stereocenters. The van der Waals surface area contributed by atoms with E-state index >= 15 is 0 Å². The summed E-state index contributed by atoms with van der Waals surface area (Å²) < 4.78 is 14.9. The second-order valence-electron chi connectivity index (χ2n) is 7.14. The molecule has 1 atom stereocenters. The topological polar surface area (TPSA) is 71.6 Å². The Balaban J connectivity index is 1.97. The van der Waals surface area contributed by atoms with Crippen LogP contribution in [0.4, 0.5) is 4.39 Å². The molecule has 0 aliphatic heterocycles. The highest BCUT2D eigenvalue weighted by atomic mass is 19.1. The minimum Gasteiger partial charge on any atom is -0.290 e. The Morgan fingerprint density at radius 1 is 1.42 bits per heavy atom. The summed E-state index contributed by atoms with van der Waals surface area (Å²) in [5.74, 6) is -1.55. The molecule has 3 rings (SSSR count). The summed E-state index contributed by atoms with van der Waals surface area (Å²) in [6.45, 7) is 6.09. The average molecular weight is 326 g/mol. The fourth-order valence-electron chi connectivity index (χ4n) is 2.69. The number of Topliss-reactive ketones (excluding diaryl/α,β-unsaturated/α-hetero) is 1. The van der Waals surface area contributed by atoms with Crippen LogP contribution in [0.1, 0.15) is 67.3 Å². The van der Waals surface area contributed by atoms with Crippen molar-refractivity contribution in [3.05, 3.63) is 47.3 Å². The smallest absolute Gasteiger partial charge is 0.206 e. The van der Waals surface area contributed by atoms with E-state index in [9.17, 15) is 14.4 Å². The minimum absolute atomic E-state index is 0.238. The van der Waals surface area contributed by atoms with Gasteiger partial charge in [-0.15, -0.1) is 0 Å². The number of rotatable bonds is 4. The van der Waals surface area contributed by atoms with Crippen LogP contribution >= 0.6 is 0 Å². The lowest BCUT2D eigenvalue weighted by Gasteiger charge is -2.22. The zero-order chi connectivity index (χ0) is 17.5. The lowest BCUT2D eigenvalue weighted by Crippen LogP contribution is -2.25. The molecule has 124 valence electrons. The van der Waals surface area contributed by atoms with Gasteiger partial charge in [0.1, 0.15) is 11.5 Å². The van der Waals surface area contributed by atoms with Gasteiger partial charge in [0, 0.05) is 11.6 Å². The van der Waals surface area contributed by atoms with E-state index in [2.05, 4.69) is 10.1 Å². The molecule has 0 N–H and O–H groups in total. The van der Waals surface area contributed by atoms with Crippen molar-refractivity contribution in [2.24, 2.45) is 0 Å². The molecule has 0 radical (unpaired) electrons. The molecule has 6 heteroatoms. The Kier molecular flexibility index (Phi) is 3.96. The third-order valence-electron chi connectivity index (χ3n) is 4.06. The number of nitrogens with zero attached hydrogens (tertiary/aromatic N) is 4. The Bertz CT molecular complexity index is 807. The van der Waals surface area contributed by atoms with Gasteiger partial charge in [0.25, 0.3) is 0 Å². The van der Waals surface area contributed by atoms with Crippen LogP contribution in [0.25, 0.3) is 0 Å². The van der Waals surface area contributed by atoms with Crippen LogP contribution in [0.15, 0.2) is 24.4 Å². The van der Waals surface area contributed by atoms with Crippen molar-refractivity contribution in [1.29, 1.82) is 5.26 Å². The second kappa shape index (κ2) is 5.82. The highest BCUT2D eigenvalue weighted by Gasteiger charge is 2.34. The Morgan fingerprint density at radius 3 is 2.62 bits per heavy atom. The van der Waals surface area contributed by atoms with Gasteiger partial charge in [0.05, 0.1) is 23.5 Å². The van der Waals surface area contributed by atoms with Gasteiger partial charge in [-0.3, -0.25) is 14.5 Å². The number of halogens is 1. The van der Waals surface area contributed by atoms with Crippen molar-refractivity contribution in [3.63, 3.8) is 0 Å². The zero-order valence-corrected chi connectivity index (χ0v) is 14.0. The molecule has 2 heterocycles. The van der Waals surface area contributed by atoms with Crippen molar-refractivity contribution in [3.8, 4) is 6.07 Å². The van der Waals surface area contributed by atoms with Gasteiger partial charge in [-0.05, 0) is 51.8 Å². The van der Waals surface area contributed by atoms with E-state index < -0.39 is 17.5 Å². The number of hydrogen-bond donors (Lipinski definition) is 0. The molecule has 0 saturated heterocycles. The first-order valence-corrected chi connectivity index (χ1v) is 7.97. The number of carbonyl (C=O) groups excluding carboxylic acids is 1. The molecule has 1 aliphatic rings. The summed E-state index contributed by atoms with van der Waals surface area (Å²) in [6, 6.07) is 6.32. The molecular formula is C18H19FN4O. The highest BCUT2D eigenvalue weighted by molar-refractivity contribution is 6.01. The Labute approximate surface area is 140 Å². The summed E-state index contributed by atoms with van der Waals surface area (Å²) in [4.78, 5) is 16.6. The van der Waals surface area contributed by atoms with E-state index in [1.165, 1.54) is 12.1 Å². The van der Waals surface area contributed by atoms with Gasteiger partial charge in [0.15, 0.2) is 5.92 Å².